The van der Waals surface area contributed by atoms with Crippen LogP contribution >= 0.6 is 0 Å². The molecule has 0 bridgehead atoms. The zero-order valence-electron chi connectivity index (χ0n) is 10.1. The van der Waals surface area contributed by atoms with E-state index in [1.54, 1.807) is 12.3 Å². The van der Waals surface area contributed by atoms with Gasteiger partial charge in [0.2, 0.25) is 5.91 Å². The molecule has 1 aliphatic heterocycles. The number of carboxylic acids is 1. The molecular weight excluding hydrogens is 236 g/mol. The lowest BCUT2D eigenvalue weighted by atomic mass is 10.1. The molecule has 2 heterocycles. The van der Waals surface area contributed by atoms with E-state index in [-0.39, 0.29) is 18.4 Å². The first-order valence-electron chi connectivity index (χ1n) is 5.88. The van der Waals surface area contributed by atoms with E-state index in [2.05, 4.69) is 5.32 Å². The highest BCUT2D eigenvalue weighted by atomic mass is 16.4. The van der Waals surface area contributed by atoms with Crippen LogP contribution in [-0.4, -0.2) is 41.0 Å². The normalized spacial score (nSPS) is 22.5. The molecular formula is C12H16N2O4. The van der Waals surface area contributed by atoms with Crippen molar-refractivity contribution in [1.82, 2.24) is 10.2 Å². The minimum Gasteiger partial charge on any atom is -0.481 e. The van der Waals surface area contributed by atoms with Crippen LogP contribution in [0.15, 0.2) is 22.8 Å². The maximum absolute atomic E-state index is 11.8. The van der Waals surface area contributed by atoms with E-state index >= 15 is 0 Å². The number of amides is 1. The summed E-state index contributed by atoms with van der Waals surface area (Å²) < 4.78 is 5.32. The van der Waals surface area contributed by atoms with Crippen LogP contribution in [0.25, 0.3) is 0 Å². The van der Waals surface area contributed by atoms with Gasteiger partial charge in [0.25, 0.3) is 0 Å². The average Bonchev–Trinajstić information content (AvgIpc) is 2.84. The summed E-state index contributed by atoms with van der Waals surface area (Å²) in [6.45, 7) is 3.05. The van der Waals surface area contributed by atoms with Crippen molar-refractivity contribution in [3.63, 3.8) is 0 Å². The van der Waals surface area contributed by atoms with E-state index in [0.717, 1.165) is 5.76 Å². The molecule has 6 heteroatoms. The zero-order chi connectivity index (χ0) is 13.1. The molecule has 1 saturated heterocycles. The molecule has 18 heavy (non-hydrogen) atoms. The largest absolute Gasteiger partial charge is 0.481 e. The molecule has 98 valence electrons. The van der Waals surface area contributed by atoms with E-state index in [4.69, 9.17) is 9.52 Å². The molecule has 0 aliphatic carbocycles. The number of furan rings is 1. The standard InChI is InChI=1S/C12H16N2O4/c1-8(10-3-2-6-18-10)14-5-4-13-12(17)9(14)7-11(15)16/h2-3,6,8-9H,4-5,7H2,1H3,(H,13,17)(H,15,16). The van der Waals surface area contributed by atoms with Gasteiger partial charge in [-0.3, -0.25) is 14.5 Å². The smallest absolute Gasteiger partial charge is 0.305 e. The van der Waals surface area contributed by atoms with Crippen molar-refractivity contribution < 1.29 is 19.1 Å². The van der Waals surface area contributed by atoms with Gasteiger partial charge in [-0.25, -0.2) is 0 Å². The number of hydrogen-bond donors (Lipinski definition) is 2. The van der Waals surface area contributed by atoms with Crippen molar-refractivity contribution in [1.29, 1.82) is 0 Å². The summed E-state index contributed by atoms with van der Waals surface area (Å²) in [6.07, 6.45) is 1.37. The van der Waals surface area contributed by atoms with Gasteiger partial charge in [-0.2, -0.15) is 0 Å². The van der Waals surface area contributed by atoms with Crippen molar-refractivity contribution in [2.24, 2.45) is 0 Å². The van der Waals surface area contributed by atoms with E-state index in [9.17, 15) is 9.59 Å². The predicted molar refractivity (Wildman–Crippen MR) is 62.9 cm³/mol. The van der Waals surface area contributed by atoms with Crippen molar-refractivity contribution in [3.8, 4) is 0 Å². The minimum atomic E-state index is -0.978. The zero-order valence-corrected chi connectivity index (χ0v) is 10.1. The molecule has 2 N–H and O–H groups in total. The number of carbonyl (C=O) groups is 2. The van der Waals surface area contributed by atoms with Crippen molar-refractivity contribution in [3.05, 3.63) is 24.2 Å². The monoisotopic (exact) mass is 252 g/mol. The first-order valence-corrected chi connectivity index (χ1v) is 5.88. The molecule has 1 fully saturated rings. The molecule has 0 spiro atoms. The summed E-state index contributed by atoms with van der Waals surface area (Å²) in [5, 5.41) is 11.6. The molecule has 1 aromatic rings. The first kappa shape index (κ1) is 12.6. The Kier molecular flexibility index (Phi) is 3.66. The van der Waals surface area contributed by atoms with Crippen molar-refractivity contribution in [2.75, 3.05) is 13.1 Å². The quantitative estimate of drug-likeness (QED) is 0.820. The van der Waals surface area contributed by atoms with E-state index in [1.807, 2.05) is 17.9 Å². The third-order valence-electron chi connectivity index (χ3n) is 3.19. The number of hydrogen-bond acceptors (Lipinski definition) is 4. The van der Waals surface area contributed by atoms with Crippen molar-refractivity contribution in [2.45, 2.75) is 25.4 Å². The summed E-state index contributed by atoms with van der Waals surface area (Å²) in [5.41, 5.74) is 0. The Labute approximate surface area is 105 Å². The van der Waals surface area contributed by atoms with Gasteiger partial charge in [0.1, 0.15) is 11.8 Å². The summed E-state index contributed by atoms with van der Waals surface area (Å²) in [5.74, 6) is -0.476. The second-order valence-corrected chi connectivity index (χ2v) is 4.33. The second kappa shape index (κ2) is 5.22. The highest BCUT2D eigenvalue weighted by Gasteiger charge is 2.35. The Balaban J connectivity index is 2.17. The van der Waals surface area contributed by atoms with E-state index in [1.165, 1.54) is 0 Å². The van der Waals surface area contributed by atoms with Crippen LogP contribution in [-0.2, 0) is 9.59 Å². The molecule has 1 amide bonds. The summed E-state index contributed by atoms with van der Waals surface area (Å²) in [4.78, 5) is 24.5. The van der Waals surface area contributed by atoms with Crippen LogP contribution < -0.4 is 5.32 Å². The Hall–Kier alpha value is -1.82. The Morgan fingerprint density at radius 2 is 2.50 bits per heavy atom. The van der Waals surface area contributed by atoms with Gasteiger partial charge < -0.3 is 14.8 Å². The van der Waals surface area contributed by atoms with Crippen LogP contribution in [0.3, 0.4) is 0 Å². The fourth-order valence-corrected chi connectivity index (χ4v) is 2.26. The van der Waals surface area contributed by atoms with Gasteiger partial charge in [-0.05, 0) is 19.1 Å². The highest BCUT2D eigenvalue weighted by molar-refractivity contribution is 5.86. The molecule has 0 saturated carbocycles. The first-order chi connectivity index (χ1) is 8.59. The number of piperazine rings is 1. The minimum absolute atomic E-state index is 0.115. The summed E-state index contributed by atoms with van der Waals surface area (Å²) in [7, 11) is 0. The Morgan fingerprint density at radius 1 is 1.72 bits per heavy atom. The number of nitrogens with zero attached hydrogens (tertiary/aromatic N) is 1. The fraction of sp³-hybridized carbons (Fsp3) is 0.500. The van der Waals surface area contributed by atoms with Crippen LogP contribution in [0, 0.1) is 0 Å². The van der Waals surface area contributed by atoms with Gasteiger partial charge in [0.05, 0.1) is 18.7 Å². The van der Waals surface area contributed by atoms with Crippen LogP contribution in [0.2, 0.25) is 0 Å². The number of aliphatic carboxylic acids is 1. The molecule has 1 aliphatic rings. The Bertz CT molecular complexity index is 429. The Morgan fingerprint density at radius 3 is 3.11 bits per heavy atom. The lowest BCUT2D eigenvalue weighted by Crippen LogP contribution is -2.56. The highest BCUT2D eigenvalue weighted by Crippen LogP contribution is 2.25. The number of rotatable bonds is 4. The van der Waals surface area contributed by atoms with Gasteiger partial charge in [0, 0.05) is 13.1 Å². The number of carboxylic acid groups (broad SMARTS) is 1. The van der Waals surface area contributed by atoms with Crippen molar-refractivity contribution >= 4 is 11.9 Å². The van der Waals surface area contributed by atoms with Crippen LogP contribution in [0.4, 0.5) is 0 Å². The molecule has 1 aromatic heterocycles. The number of nitrogens with one attached hydrogen (secondary N) is 1. The maximum atomic E-state index is 11.8. The van der Waals surface area contributed by atoms with E-state index < -0.39 is 12.0 Å². The third-order valence-corrected chi connectivity index (χ3v) is 3.19. The fourth-order valence-electron chi connectivity index (χ4n) is 2.26. The molecule has 0 radical (unpaired) electrons. The lowest BCUT2D eigenvalue weighted by Gasteiger charge is -2.37. The molecule has 2 atom stereocenters. The summed E-state index contributed by atoms with van der Waals surface area (Å²) in [6, 6.07) is 2.85. The second-order valence-electron chi connectivity index (χ2n) is 4.33. The topological polar surface area (TPSA) is 82.8 Å². The molecule has 6 nitrogen and oxygen atoms in total. The van der Waals surface area contributed by atoms with E-state index in [0.29, 0.717) is 13.1 Å². The van der Waals surface area contributed by atoms with Crippen LogP contribution in [0.5, 0.6) is 0 Å². The van der Waals surface area contributed by atoms with Crippen LogP contribution in [0.1, 0.15) is 25.1 Å². The average molecular weight is 252 g/mol. The van der Waals surface area contributed by atoms with Gasteiger partial charge in [-0.15, -0.1) is 0 Å². The lowest BCUT2D eigenvalue weighted by molar-refractivity contribution is -0.144. The maximum Gasteiger partial charge on any atom is 0.305 e. The SMILES string of the molecule is CC(c1ccco1)N1CCNC(=O)C1CC(=O)O. The molecule has 0 aromatic carbocycles. The van der Waals surface area contributed by atoms with Gasteiger partial charge in [0.15, 0.2) is 0 Å². The van der Waals surface area contributed by atoms with Gasteiger partial charge >= 0.3 is 5.97 Å². The molecule has 2 unspecified atom stereocenters. The molecule has 2 rings (SSSR count). The third kappa shape index (κ3) is 2.53. The number of carbonyl (C=O) groups excluding carboxylic acids is 1. The summed E-state index contributed by atoms with van der Waals surface area (Å²) >= 11 is 0. The van der Waals surface area contributed by atoms with Gasteiger partial charge in [-0.1, -0.05) is 0 Å². The predicted octanol–water partition coefficient (Wildman–Crippen LogP) is 0.616.